The second-order valence-electron chi connectivity index (χ2n) is 19.1. The van der Waals surface area contributed by atoms with Gasteiger partial charge in [-0.15, -0.1) is 0 Å². The Kier molecular flexibility index (Phi) is 40.1. The minimum Gasteiger partial charge on any atom is -0.394 e. The number of aliphatic hydroxyl groups excluding tert-OH is 2. The Labute approximate surface area is 356 Å². The maximum atomic E-state index is 13.3. The number of likely N-dealkylation sites (N-methyl/N-ethyl adjacent to an activating group) is 1. The number of aliphatic hydroxyl groups is 2. The van der Waals surface area contributed by atoms with Crippen LogP contribution in [0.15, 0.2) is 0 Å². The fraction of sp³-hybridized carbons (Fsp3) is 1.00. The predicted octanol–water partition coefficient (Wildman–Crippen LogP) is 14.9. The van der Waals surface area contributed by atoms with Gasteiger partial charge in [-0.3, -0.25) is 9.05 Å². The minimum absolute atomic E-state index is 0.164. The second kappa shape index (κ2) is 40.1. The van der Waals surface area contributed by atoms with Crippen LogP contribution in [-0.4, -0.2) is 72.7 Å². The topological polar surface area (TPSA) is 96.2 Å². The second-order valence-corrected chi connectivity index (χ2v) is 20.5. The molecule has 0 aliphatic rings. The van der Waals surface area contributed by atoms with Gasteiger partial charge in [0.15, 0.2) is 0 Å². The van der Waals surface area contributed by atoms with Gasteiger partial charge in [-0.2, -0.15) is 0 Å². The lowest BCUT2D eigenvalue weighted by Gasteiger charge is -2.38. The van der Waals surface area contributed by atoms with Crippen LogP contribution >= 0.6 is 7.82 Å². The lowest BCUT2D eigenvalue weighted by Crippen LogP contribution is -2.46. The molecule has 0 saturated heterocycles. The van der Waals surface area contributed by atoms with Crippen molar-refractivity contribution in [2.75, 3.05) is 40.9 Å². The summed E-state index contributed by atoms with van der Waals surface area (Å²) < 4.78 is 25.2. The largest absolute Gasteiger partial charge is 0.472 e. The van der Waals surface area contributed by atoms with Crippen molar-refractivity contribution in [2.24, 2.45) is 11.8 Å². The van der Waals surface area contributed by atoms with Crippen LogP contribution < -0.4 is 0 Å². The maximum Gasteiger partial charge on any atom is 0.472 e. The molecule has 0 aromatic rings. The average Bonchev–Trinajstić information content (AvgIpc) is 3.16. The number of hydrogen-bond acceptors (Lipinski definition) is 5. The van der Waals surface area contributed by atoms with Crippen molar-refractivity contribution in [3.05, 3.63) is 0 Å². The van der Waals surface area contributed by atoms with E-state index in [4.69, 9.17) is 9.05 Å². The lowest BCUT2D eigenvalue weighted by atomic mass is 9.77. The molecule has 0 radical (unpaired) electrons. The highest BCUT2D eigenvalue weighted by Gasteiger charge is 2.38. The van der Waals surface area contributed by atoms with Gasteiger partial charge >= 0.3 is 7.82 Å². The first-order valence-electron chi connectivity index (χ1n) is 25.2. The van der Waals surface area contributed by atoms with Crippen molar-refractivity contribution in [3.8, 4) is 0 Å². The molecule has 0 fully saturated rings. The summed E-state index contributed by atoms with van der Waals surface area (Å²) in [6.07, 6.45) is 46.0. The van der Waals surface area contributed by atoms with Crippen molar-refractivity contribution in [3.63, 3.8) is 0 Å². The molecule has 0 bridgehead atoms. The van der Waals surface area contributed by atoms with Crippen molar-refractivity contribution in [2.45, 2.75) is 264 Å². The van der Waals surface area contributed by atoms with Crippen LogP contribution in [0.3, 0.4) is 0 Å². The highest BCUT2D eigenvalue weighted by molar-refractivity contribution is 7.47. The molecule has 0 rings (SSSR count). The smallest absolute Gasteiger partial charge is 0.394 e. The molecule has 0 amide bonds. The number of quaternary nitrogens is 1. The van der Waals surface area contributed by atoms with E-state index in [1.165, 1.54) is 199 Å². The molecule has 57 heavy (non-hydrogen) atoms. The van der Waals surface area contributed by atoms with E-state index < -0.39 is 33.2 Å². The monoisotopic (exact) mass is 833 g/mol. The number of phosphoric ester groups is 1. The van der Waals surface area contributed by atoms with Gasteiger partial charge in [-0.05, 0) is 18.3 Å². The summed E-state index contributed by atoms with van der Waals surface area (Å²) in [6.45, 7) is 6.49. The van der Waals surface area contributed by atoms with Crippen LogP contribution in [0.2, 0.25) is 0 Å². The summed E-state index contributed by atoms with van der Waals surface area (Å²) in [7, 11) is 1.91. The Bertz CT molecular complexity index is 869. The Morgan fingerprint density at radius 2 is 0.825 bits per heavy atom. The molecule has 0 spiro atoms. The van der Waals surface area contributed by atoms with Gasteiger partial charge in [0, 0.05) is 0 Å². The highest BCUT2D eigenvalue weighted by atomic mass is 31.2. The highest BCUT2D eigenvalue weighted by Crippen LogP contribution is 2.48. The van der Waals surface area contributed by atoms with Crippen LogP contribution in [-0.2, 0) is 13.6 Å². The number of nitrogens with zero attached hydrogens (tertiary/aromatic N) is 1. The van der Waals surface area contributed by atoms with E-state index >= 15 is 0 Å². The summed E-state index contributed by atoms with van der Waals surface area (Å²) in [4.78, 5) is 10.8. The predicted molar refractivity (Wildman–Crippen MR) is 247 cm³/mol. The summed E-state index contributed by atoms with van der Waals surface area (Å²) in [6, 6.07) is 0. The Hall–Kier alpha value is -0.0100. The molecule has 0 aromatic heterocycles. The van der Waals surface area contributed by atoms with Crippen LogP contribution in [0.25, 0.3) is 0 Å². The molecule has 8 heteroatoms. The first-order valence-corrected chi connectivity index (χ1v) is 26.7. The summed E-state index contributed by atoms with van der Waals surface area (Å²) >= 11 is 0. The van der Waals surface area contributed by atoms with E-state index in [1.807, 2.05) is 0 Å². The molecule has 7 nitrogen and oxygen atoms in total. The standard InChI is InChI=1S/C49H102NO6P/c1-7-10-12-14-16-18-20-22-24-26-28-30-32-34-36-38-41-46(40-9-3)48(49(43-50(4,5)6)56-57(53,54)55-45-47(52)44-51)42-39-37-35-33-31-29-27-25-23-21-19-17-15-13-11-8-2/h46-49,51-52H,7-45H2,1-6H3/p+1. The Morgan fingerprint density at radius 1 is 0.491 bits per heavy atom. The van der Waals surface area contributed by atoms with E-state index in [-0.39, 0.29) is 5.92 Å². The summed E-state index contributed by atoms with van der Waals surface area (Å²) in [5.41, 5.74) is 0. The summed E-state index contributed by atoms with van der Waals surface area (Å²) in [5, 5.41) is 19.1. The number of rotatable bonds is 46. The van der Waals surface area contributed by atoms with E-state index in [9.17, 15) is 19.7 Å². The molecule has 5 unspecified atom stereocenters. The number of hydrogen-bond donors (Lipinski definition) is 3. The van der Waals surface area contributed by atoms with Gasteiger partial charge < -0.3 is 19.6 Å². The van der Waals surface area contributed by atoms with Crippen LogP contribution in [0.1, 0.15) is 252 Å². The molecule has 5 atom stereocenters. The van der Waals surface area contributed by atoms with Crippen LogP contribution in [0.5, 0.6) is 0 Å². The normalized spacial score (nSPS) is 15.5. The van der Waals surface area contributed by atoms with E-state index in [0.29, 0.717) is 16.9 Å². The van der Waals surface area contributed by atoms with Gasteiger partial charge in [-0.25, -0.2) is 4.57 Å². The zero-order valence-electron chi connectivity index (χ0n) is 39.3. The van der Waals surface area contributed by atoms with Crippen molar-refractivity contribution in [1.82, 2.24) is 0 Å². The van der Waals surface area contributed by atoms with E-state index in [2.05, 4.69) is 41.9 Å². The first-order chi connectivity index (χ1) is 27.5. The van der Waals surface area contributed by atoms with Crippen molar-refractivity contribution in [1.29, 1.82) is 0 Å². The third-order valence-corrected chi connectivity index (χ3v) is 13.2. The van der Waals surface area contributed by atoms with E-state index in [0.717, 1.165) is 32.1 Å². The average molecular weight is 833 g/mol. The quantitative estimate of drug-likeness (QED) is 0.0321. The van der Waals surface area contributed by atoms with Crippen LogP contribution in [0, 0.1) is 11.8 Å². The fourth-order valence-electron chi connectivity index (χ4n) is 8.77. The summed E-state index contributed by atoms with van der Waals surface area (Å²) in [5.74, 6) is 0.592. The minimum atomic E-state index is -4.44. The molecular weight excluding hydrogens is 730 g/mol. The van der Waals surface area contributed by atoms with Crippen molar-refractivity contribution >= 4 is 7.82 Å². The third kappa shape index (κ3) is 38.6. The number of unbranched alkanes of at least 4 members (excludes halogenated alkanes) is 30. The molecule has 0 heterocycles. The van der Waals surface area contributed by atoms with Gasteiger partial charge in [0.2, 0.25) is 0 Å². The molecule has 0 aliphatic carbocycles. The molecule has 0 aromatic carbocycles. The number of phosphoric acid groups is 1. The van der Waals surface area contributed by atoms with Crippen molar-refractivity contribution < 1.29 is 33.2 Å². The zero-order valence-corrected chi connectivity index (χ0v) is 40.2. The van der Waals surface area contributed by atoms with Gasteiger partial charge in [0.1, 0.15) is 18.8 Å². The Balaban J connectivity index is 4.98. The SMILES string of the molecule is CCCCCCCCCCCCCCCCCCC(CCC)C(CCCCCCCCCCCCCCCCCC)C(C[N+](C)(C)C)OP(=O)(O)OCC(O)CO. The van der Waals surface area contributed by atoms with Gasteiger partial charge in [0.05, 0.1) is 34.4 Å². The van der Waals surface area contributed by atoms with Gasteiger partial charge in [0.25, 0.3) is 0 Å². The first kappa shape index (κ1) is 57.0. The fourth-order valence-corrected chi connectivity index (χ4v) is 9.76. The molecule has 0 saturated carbocycles. The Morgan fingerprint density at radius 3 is 1.14 bits per heavy atom. The lowest BCUT2D eigenvalue weighted by molar-refractivity contribution is -0.873. The molecule has 3 N–H and O–H groups in total. The zero-order chi connectivity index (χ0) is 42.3. The van der Waals surface area contributed by atoms with Crippen LogP contribution in [0.4, 0.5) is 0 Å². The maximum absolute atomic E-state index is 13.3. The van der Waals surface area contributed by atoms with Gasteiger partial charge in [-0.1, -0.05) is 245 Å². The third-order valence-electron chi connectivity index (χ3n) is 12.2. The molecule has 0 aliphatic heterocycles. The molecule has 344 valence electrons. The molecular formula is C49H103NO6P+. The van der Waals surface area contributed by atoms with E-state index in [1.54, 1.807) is 0 Å².